The second-order valence-electron chi connectivity index (χ2n) is 7.30. The van der Waals surface area contributed by atoms with Crippen molar-refractivity contribution in [2.24, 2.45) is 17.8 Å². The van der Waals surface area contributed by atoms with Gasteiger partial charge in [0, 0.05) is 18.1 Å². The highest BCUT2D eigenvalue weighted by Gasteiger charge is 2.52. The Labute approximate surface area is 157 Å². The molecule has 0 radical (unpaired) electrons. The van der Waals surface area contributed by atoms with Gasteiger partial charge in [0.05, 0.1) is 7.11 Å². The van der Waals surface area contributed by atoms with Crippen molar-refractivity contribution < 1.29 is 27.8 Å². The summed E-state index contributed by atoms with van der Waals surface area (Å²) >= 11 is 0. The van der Waals surface area contributed by atoms with Gasteiger partial charge in [-0.3, -0.25) is 4.79 Å². The number of rotatable bonds is 6. The number of benzene rings is 1. The zero-order chi connectivity index (χ0) is 19.8. The lowest BCUT2D eigenvalue weighted by atomic mass is 9.69. The molecule has 1 fully saturated rings. The Morgan fingerprint density at radius 1 is 1.37 bits per heavy atom. The van der Waals surface area contributed by atoms with E-state index >= 15 is 0 Å². The van der Waals surface area contributed by atoms with Crippen LogP contribution in [0.1, 0.15) is 25.8 Å². The summed E-state index contributed by atoms with van der Waals surface area (Å²) < 4.78 is 44.8. The highest BCUT2D eigenvalue weighted by molar-refractivity contribution is 5.94. The van der Waals surface area contributed by atoms with Crippen molar-refractivity contribution in [1.82, 2.24) is 0 Å². The monoisotopic (exact) mass is 378 g/mol. The first kappa shape index (κ1) is 19.5. The molecule has 1 aromatic carbocycles. The number of ketones is 1. The first-order valence-electron chi connectivity index (χ1n) is 8.99. The molecule has 0 bridgehead atoms. The molecule has 6 heteroatoms. The van der Waals surface area contributed by atoms with Gasteiger partial charge in [-0.2, -0.15) is 0 Å². The van der Waals surface area contributed by atoms with Crippen molar-refractivity contribution in [3.8, 4) is 5.75 Å². The predicted molar refractivity (Wildman–Crippen MR) is 96.1 cm³/mol. The molecule has 0 N–H and O–H groups in total. The summed E-state index contributed by atoms with van der Waals surface area (Å²) in [7, 11) is 1.29. The summed E-state index contributed by atoms with van der Waals surface area (Å²) in [5, 5.41) is 0. The lowest BCUT2D eigenvalue weighted by molar-refractivity contribution is -0.124. The van der Waals surface area contributed by atoms with Gasteiger partial charge >= 0.3 is 0 Å². The minimum absolute atomic E-state index is 0.0209. The molecule has 3 rings (SSSR count). The molecule has 1 saturated heterocycles. The molecule has 0 amide bonds. The first-order chi connectivity index (χ1) is 12.8. The van der Waals surface area contributed by atoms with Crippen molar-refractivity contribution in [2.75, 3.05) is 13.9 Å². The summed E-state index contributed by atoms with van der Waals surface area (Å²) in [6, 6.07) is 2.20. The van der Waals surface area contributed by atoms with Crippen molar-refractivity contribution >= 4 is 5.78 Å². The molecule has 1 aliphatic carbocycles. The van der Waals surface area contributed by atoms with Crippen LogP contribution in [0.25, 0.3) is 0 Å². The van der Waals surface area contributed by atoms with Crippen LogP contribution in [-0.4, -0.2) is 25.3 Å². The number of ether oxygens (including phenoxy) is 3. The van der Waals surface area contributed by atoms with Crippen molar-refractivity contribution in [3.05, 3.63) is 53.8 Å². The van der Waals surface area contributed by atoms with Gasteiger partial charge in [0.1, 0.15) is 17.2 Å². The molecule has 146 valence electrons. The molecule has 1 heterocycles. The van der Waals surface area contributed by atoms with Crippen molar-refractivity contribution in [2.45, 2.75) is 32.3 Å². The minimum Gasteiger partial charge on any atom is -0.494 e. The molecule has 4 atom stereocenters. The van der Waals surface area contributed by atoms with E-state index in [0.29, 0.717) is 12.2 Å². The molecule has 4 unspecified atom stereocenters. The van der Waals surface area contributed by atoms with E-state index in [1.54, 1.807) is 6.08 Å². The molecular formula is C21H24F2O4. The number of fused-ring (bicyclic) bond motifs is 1. The number of halogens is 2. The van der Waals surface area contributed by atoms with Crippen LogP contribution in [0, 0.1) is 29.4 Å². The molecule has 1 aromatic rings. The van der Waals surface area contributed by atoms with E-state index in [0.717, 1.165) is 12.1 Å². The van der Waals surface area contributed by atoms with Gasteiger partial charge in [0.2, 0.25) is 0 Å². The van der Waals surface area contributed by atoms with Crippen molar-refractivity contribution in [3.63, 3.8) is 0 Å². The zero-order valence-electron chi connectivity index (χ0n) is 15.8. The Balaban J connectivity index is 1.91. The number of hydrogen-bond acceptors (Lipinski definition) is 4. The molecule has 27 heavy (non-hydrogen) atoms. The van der Waals surface area contributed by atoms with E-state index in [2.05, 4.69) is 6.58 Å². The number of carbonyl (C=O) groups is 1. The van der Waals surface area contributed by atoms with E-state index in [1.807, 2.05) is 13.8 Å². The average Bonchev–Trinajstić information content (AvgIpc) is 3.06. The maximum Gasteiger partial charge on any atom is 0.189 e. The highest BCUT2D eigenvalue weighted by Crippen LogP contribution is 2.47. The second-order valence-corrected chi connectivity index (χ2v) is 7.30. The SMILES string of the molecule is C=CC(C)C1CC2(C(C)Cc3cc(F)c(OC)cc3F)OCOC2=CC1=O. The summed E-state index contributed by atoms with van der Waals surface area (Å²) in [5.74, 6) is -1.38. The van der Waals surface area contributed by atoms with E-state index in [-0.39, 0.29) is 48.1 Å². The lowest BCUT2D eigenvalue weighted by Crippen LogP contribution is -2.46. The minimum atomic E-state index is -0.835. The average molecular weight is 378 g/mol. The van der Waals surface area contributed by atoms with E-state index < -0.39 is 17.2 Å². The maximum atomic E-state index is 14.4. The Bertz CT molecular complexity index is 789. The normalized spacial score (nSPS) is 26.6. The fraction of sp³-hybridized carbons (Fsp3) is 0.476. The van der Waals surface area contributed by atoms with Crippen LogP contribution >= 0.6 is 0 Å². The number of hydrogen-bond donors (Lipinski definition) is 0. The van der Waals surface area contributed by atoms with Gasteiger partial charge in [-0.05, 0) is 36.3 Å². The van der Waals surface area contributed by atoms with Crippen LogP contribution in [0.5, 0.6) is 5.75 Å². The summed E-state index contributed by atoms with van der Waals surface area (Å²) in [5.41, 5.74) is -0.603. The quantitative estimate of drug-likeness (QED) is 0.697. The molecule has 0 spiro atoms. The van der Waals surface area contributed by atoms with Crippen LogP contribution in [0.15, 0.2) is 36.6 Å². The molecule has 0 aromatic heterocycles. The van der Waals surface area contributed by atoms with Crippen LogP contribution in [0.4, 0.5) is 8.78 Å². The summed E-state index contributed by atoms with van der Waals surface area (Å²) in [6.45, 7) is 7.65. The van der Waals surface area contributed by atoms with Gasteiger partial charge < -0.3 is 14.2 Å². The Morgan fingerprint density at radius 2 is 2.11 bits per heavy atom. The third-order valence-corrected chi connectivity index (χ3v) is 5.76. The Hall–Kier alpha value is -2.21. The molecular weight excluding hydrogens is 354 g/mol. The van der Waals surface area contributed by atoms with Gasteiger partial charge in [-0.1, -0.05) is 19.9 Å². The van der Waals surface area contributed by atoms with Crippen LogP contribution in [0.2, 0.25) is 0 Å². The summed E-state index contributed by atoms with van der Waals surface area (Å²) in [4.78, 5) is 12.4. The first-order valence-corrected chi connectivity index (χ1v) is 8.99. The predicted octanol–water partition coefficient (Wildman–Crippen LogP) is 4.19. The molecule has 2 aliphatic rings. The third-order valence-electron chi connectivity index (χ3n) is 5.76. The lowest BCUT2D eigenvalue weighted by Gasteiger charge is -2.39. The van der Waals surface area contributed by atoms with Gasteiger partial charge in [0.15, 0.2) is 24.1 Å². The Morgan fingerprint density at radius 3 is 2.78 bits per heavy atom. The number of methoxy groups -OCH3 is 1. The Kier molecular flexibility index (Phi) is 5.38. The van der Waals surface area contributed by atoms with E-state index in [9.17, 15) is 13.6 Å². The third kappa shape index (κ3) is 3.38. The second kappa shape index (κ2) is 7.43. The zero-order valence-corrected chi connectivity index (χ0v) is 15.8. The molecule has 4 nitrogen and oxygen atoms in total. The van der Waals surface area contributed by atoms with Gasteiger partial charge in [-0.25, -0.2) is 8.78 Å². The number of allylic oxidation sites excluding steroid dienone is 2. The smallest absolute Gasteiger partial charge is 0.189 e. The van der Waals surface area contributed by atoms with Crippen LogP contribution in [-0.2, 0) is 20.7 Å². The summed E-state index contributed by atoms with van der Waals surface area (Å²) in [6.07, 6.45) is 3.89. The van der Waals surface area contributed by atoms with Crippen LogP contribution in [0.3, 0.4) is 0 Å². The van der Waals surface area contributed by atoms with Crippen molar-refractivity contribution in [1.29, 1.82) is 0 Å². The fourth-order valence-corrected chi connectivity index (χ4v) is 3.95. The fourth-order valence-electron chi connectivity index (χ4n) is 3.95. The van der Waals surface area contributed by atoms with E-state index in [1.165, 1.54) is 13.2 Å². The number of carbonyl (C=O) groups excluding carboxylic acids is 1. The van der Waals surface area contributed by atoms with Gasteiger partial charge in [-0.15, -0.1) is 6.58 Å². The van der Waals surface area contributed by atoms with E-state index in [4.69, 9.17) is 14.2 Å². The highest BCUT2D eigenvalue weighted by atomic mass is 19.1. The van der Waals surface area contributed by atoms with Crippen LogP contribution < -0.4 is 4.74 Å². The molecule has 0 saturated carbocycles. The molecule has 1 aliphatic heterocycles. The maximum absolute atomic E-state index is 14.4. The topological polar surface area (TPSA) is 44.8 Å². The standard InChI is InChI=1S/C21H24F2O4/c1-5-12(2)15-10-21(20(9-18(15)24)26-11-27-21)13(3)6-14-7-17(23)19(25-4)8-16(14)22/h5,7-9,12-13,15H,1,6,10-11H2,2-4H3. The largest absolute Gasteiger partial charge is 0.494 e. The van der Waals surface area contributed by atoms with Gasteiger partial charge in [0.25, 0.3) is 0 Å².